The summed E-state index contributed by atoms with van der Waals surface area (Å²) in [6, 6.07) is 0. The third kappa shape index (κ3) is 9.22. The molecular weight excluding hydrogens is 407 g/mol. The minimum atomic E-state index is -0.424. The number of amides is 1. The summed E-state index contributed by atoms with van der Waals surface area (Å²) in [7, 11) is 1.79. The Kier molecular flexibility index (Phi) is 10.6. The van der Waals surface area contributed by atoms with Crippen LogP contribution in [0.25, 0.3) is 0 Å². The Bertz CT molecular complexity index is 375. The second-order valence-electron chi connectivity index (χ2n) is 6.79. The van der Waals surface area contributed by atoms with Gasteiger partial charge in [0.2, 0.25) is 0 Å². The average Bonchev–Trinajstić information content (AvgIpc) is 2.46. The van der Waals surface area contributed by atoms with E-state index in [9.17, 15) is 4.79 Å². The lowest BCUT2D eigenvalue weighted by Crippen LogP contribution is -2.45. The van der Waals surface area contributed by atoms with Crippen LogP contribution >= 0.6 is 24.0 Å². The second-order valence-corrected chi connectivity index (χ2v) is 6.79. The van der Waals surface area contributed by atoms with Crippen LogP contribution in [-0.4, -0.2) is 55.8 Å². The van der Waals surface area contributed by atoms with Gasteiger partial charge in [-0.2, -0.15) is 0 Å². The quantitative estimate of drug-likeness (QED) is 0.401. The van der Waals surface area contributed by atoms with E-state index in [4.69, 9.17) is 4.74 Å². The highest BCUT2D eigenvalue weighted by Gasteiger charge is 2.26. The van der Waals surface area contributed by atoms with E-state index in [1.807, 2.05) is 25.7 Å². The molecule has 0 aromatic rings. The number of nitrogens with zero attached hydrogens (tertiary/aromatic N) is 2. The number of halogens is 1. The zero-order chi connectivity index (χ0) is 16.6. The van der Waals surface area contributed by atoms with Crippen LogP contribution in [0.1, 0.15) is 47.0 Å². The molecule has 1 aliphatic heterocycles. The summed E-state index contributed by atoms with van der Waals surface area (Å²) in [5, 5.41) is 6.63. The van der Waals surface area contributed by atoms with Crippen molar-refractivity contribution in [1.82, 2.24) is 15.5 Å². The predicted molar refractivity (Wildman–Crippen MR) is 106 cm³/mol. The number of carbonyl (C=O) groups excluding carboxylic acids is 1. The van der Waals surface area contributed by atoms with E-state index >= 15 is 0 Å². The number of ether oxygens (including phenoxy) is 1. The van der Waals surface area contributed by atoms with Crippen LogP contribution in [0.3, 0.4) is 0 Å². The number of piperidine rings is 1. The highest BCUT2D eigenvalue weighted by atomic mass is 127. The normalized spacial score (nSPS) is 16.6. The van der Waals surface area contributed by atoms with Crippen molar-refractivity contribution in [2.24, 2.45) is 10.9 Å². The van der Waals surface area contributed by atoms with Gasteiger partial charge >= 0.3 is 6.09 Å². The summed E-state index contributed by atoms with van der Waals surface area (Å²) in [4.78, 5) is 18.0. The van der Waals surface area contributed by atoms with E-state index in [1.165, 1.54) is 0 Å². The number of aliphatic imine (C=N–C) groups is 1. The molecule has 7 heteroatoms. The maximum Gasteiger partial charge on any atom is 0.410 e. The van der Waals surface area contributed by atoms with Crippen LogP contribution < -0.4 is 10.6 Å². The van der Waals surface area contributed by atoms with Gasteiger partial charge in [-0.15, -0.1) is 24.0 Å². The standard InChI is InChI=1S/C16H32N4O2.HI/c1-6-9-18-14(17-5)19-12-13-7-10-20(11-8-13)15(21)22-16(2,3)4;/h13H,6-12H2,1-5H3,(H2,17,18,19);1H. The monoisotopic (exact) mass is 440 g/mol. The summed E-state index contributed by atoms with van der Waals surface area (Å²) < 4.78 is 5.41. The fourth-order valence-corrected chi connectivity index (χ4v) is 2.35. The molecule has 0 atom stereocenters. The predicted octanol–water partition coefficient (Wildman–Crippen LogP) is 2.83. The van der Waals surface area contributed by atoms with E-state index in [2.05, 4.69) is 22.5 Å². The molecule has 1 rings (SSSR count). The van der Waals surface area contributed by atoms with Crippen molar-refractivity contribution in [2.75, 3.05) is 33.2 Å². The van der Waals surface area contributed by atoms with Crippen LogP contribution in [0.5, 0.6) is 0 Å². The van der Waals surface area contributed by atoms with E-state index in [0.717, 1.165) is 51.4 Å². The van der Waals surface area contributed by atoms with Crippen molar-refractivity contribution < 1.29 is 9.53 Å². The molecule has 0 radical (unpaired) electrons. The van der Waals surface area contributed by atoms with Gasteiger partial charge in [0.25, 0.3) is 0 Å². The molecule has 23 heavy (non-hydrogen) atoms. The summed E-state index contributed by atoms with van der Waals surface area (Å²) in [6.45, 7) is 11.2. The van der Waals surface area contributed by atoms with Crippen LogP contribution in [0.2, 0.25) is 0 Å². The molecule has 136 valence electrons. The summed E-state index contributed by atoms with van der Waals surface area (Å²) >= 11 is 0. The largest absolute Gasteiger partial charge is 0.444 e. The molecule has 0 aromatic heterocycles. The molecule has 1 fully saturated rings. The van der Waals surface area contributed by atoms with Crippen molar-refractivity contribution in [3.05, 3.63) is 0 Å². The van der Waals surface area contributed by atoms with Crippen LogP contribution in [0.15, 0.2) is 4.99 Å². The Morgan fingerprint density at radius 1 is 1.26 bits per heavy atom. The molecule has 1 aliphatic rings. The molecule has 2 N–H and O–H groups in total. The van der Waals surface area contributed by atoms with Crippen LogP contribution in [-0.2, 0) is 4.74 Å². The Balaban J connectivity index is 0.00000484. The molecule has 0 aliphatic carbocycles. The molecule has 0 unspecified atom stereocenters. The third-order valence-electron chi connectivity index (χ3n) is 3.59. The Labute approximate surface area is 157 Å². The van der Waals surface area contributed by atoms with Gasteiger partial charge in [0.1, 0.15) is 5.60 Å². The molecule has 0 aromatic carbocycles. The van der Waals surface area contributed by atoms with Gasteiger partial charge in [0.15, 0.2) is 5.96 Å². The molecule has 1 saturated heterocycles. The molecule has 1 amide bonds. The minimum absolute atomic E-state index is 0. The maximum absolute atomic E-state index is 12.0. The number of likely N-dealkylation sites (tertiary alicyclic amines) is 1. The Hall–Kier alpha value is -0.730. The van der Waals surface area contributed by atoms with Crippen LogP contribution in [0.4, 0.5) is 4.79 Å². The van der Waals surface area contributed by atoms with Crippen molar-refractivity contribution in [3.63, 3.8) is 0 Å². The average molecular weight is 440 g/mol. The van der Waals surface area contributed by atoms with E-state index in [-0.39, 0.29) is 30.1 Å². The van der Waals surface area contributed by atoms with Gasteiger partial charge in [-0.05, 0) is 46.0 Å². The first-order valence-electron chi connectivity index (χ1n) is 8.28. The smallest absolute Gasteiger partial charge is 0.410 e. The lowest BCUT2D eigenvalue weighted by Gasteiger charge is -2.33. The van der Waals surface area contributed by atoms with Gasteiger partial charge in [0.05, 0.1) is 0 Å². The number of hydrogen-bond acceptors (Lipinski definition) is 3. The topological polar surface area (TPSA) is 66.0 Å². The van der Waals surface area contributed by atoms with Crippen molar-refractivity contribution in [3.8, 4) is 0 Å². The molecule has 6 nitrogen and oxygen atoms in total. The number of carbonyl (C=O) groups is 1. The highest BCUT2D eigenvalue weighted by molar-refractivity contribution is 14.0. The number of hydrogen-bond donors (Lipinski definition) is 2. The fourth-order valence-electron chi connectivity index (χ4n) is 2.35. The van der Waals surface area contributed by atoms with Crippen molar-refractivity contribution in [1.29, 1.82) is 0 Å². The van der Waals surface area contributed by atoms with Crippen molar-refractivity contribution in [2.45, 2.75) is 52.6 Å². The van der Waals surface area contributed by atoms with Gasteiger partial charge in [-0.3, -0.25) is 4.99 Å². The molecular formula is C16H33IN4O2. The lowest BCUT2D eigenvalue weighted by molar-refractivity contribution is 0.0185. The Morgan fingerprint density at radius 2 is 1.87 bits per heavy atom. The summed E-state index contributed by atoms with van der Waals surface area (Å²) in [5.74, 6) is 1.43. The number of guanidine groups is 1. The van der Waals surface area contributed by atoms with Gasteiger partial charge < -0.3 is 20.3 Å². The van der Waals surface area contributed by atoms with Gasteiger partial charge in [-0.25, -0.2) is 4.79 Å². The zero-order valence-electron chi connectivity index (χ0n) is 15.1. The van der Waals surface area contributed by atoms with E-state index in [1.54, 1.807) is 7.05 Å². The molecule has 0 saturated carbocycles. The zero-order valence-corrected chi connectivity index (χ0v) is 17.5. The first-order chi connectivity index (χ1) is 10.4. The molecule has 0 bridgehead atoms. The first-order valence-corrected chi connectivity index (χ1v) is 8.28. The van der Waals surface area contributed by atoms with E-state index in [0.29, 0.717) is 5.92 Å². The number of rotatable bonds is 4. The second kappa shape index (κ2) is 10.9. The van der Waals surface area contributed by atoms with Crippen LogP contribution in [0, 0.1) is 5.92 Å². The lowest BCUT2D eigenvalue weighted by atomic mass is 9.97. The molecule has 0 spiro atoms. The van der Waals surface area contributed by atoms with Crippen molar-refractivity contribution >= 4 is 36.0 Å². The van der Waals surface area contributed by atoms with E-state index < -0.39 is 5.60 Å². The Morgan fingerprint density at radius 3 is 2.35 bits per heavy atom. The van der Waals surface area contributed by atoms with Gasteiger partial charge in [-0.1, -0.05) is 6.92 Å². The SMILES string of the molecule is CCCNC(=NC)NCC1CCN(C(=O)OC(C)(C)C)CC1.I. The highest BCUT2D eigenvalue weighted by Crippen LogP contribution is 2.19. The fraction of sp³-hybridized carbons (Fsp3) is 0.875. The molecule has 1 heterocycles. The van der Waals surface area contributed by atoms with Gasteiger partial charge in [0, 0.05) is 33.2 Å². The number of nitrogens with one attached hydrogen (secondary N) is 2. The maximum atomic E-state index is 12.0. The first kappa shape index (κ1) is 22.3. The summed E-state index contributed by atoms with van der Waals surface area (Å²) in [6.07, 6.45) is 2.88. The minimum Gasteiger partial charge on any atom is -0.444 e. The third-order valence-corrected chi connectivity index (χ3v) is 3.59. The summed E-state index contributed by atoms with van der Waals surface area (Å²) in [5.41, 5.74) is -0.424.